The summed E-state index contributed by atoms with van der Waals surface area (Å²) in [5, 5.41) is 7.49. The Hall–Kier alpha value is -0.620. The Labute approximate surface area is 82.6 Å². The van der Waals surface area contributed by atoms with Gasteiger partial charge in [-0.1, -0.05) is 0 Å². The van der Waals surface area contributed by atoms with Crippen LogP contribution in [0.4, 0.5) is 0 Å². The van der Waals surface area contributed by atoms with Crippen molar-refractivity contribution in [2.45, 2.75) is 23.3 Å². The van der Waals surface area contributed by atoms with Crippen LogP contribution in [0.2, 0.25) is 0 Å². The summed E-state index contributed by atoms with van der Waals surface area (Å²) in [5.41, 5.74) is 0. The highest BCUT2D eigenvalue weighted by atomic mass is 32.2. The second-order valence-electron chi connectivity index (χ2n) is 3.80. The Morgan fingerprint density at radius 3 is 2.71 bits per heavy atom. The van der Waals surface area contributed by atoms with E-state index >= 15 is 0 Å². The van der Waals surface area contributed by atoms with Crippen LogP contribution in [-0.4, -0.2) is 54.5 Å². The normalized spacial score (nSPS) is 34.1. The van der Waals surface area contributed by atoms with Crippen LogP contribution < -0.4 is 0 Å². The first-order valence-corrected chi connectivity index (χ1v) is 6.30. The maximum absolute atomic E-state index is 11.5. The van der Waals surface area contributed by atoms with Gasteiger partial charge in [0.15, 0.2) is 9.84 Å². The van der Waals surface area contributed by atoms with Crippen molar-refractivity contribution in [3.05, 3.63) is 0 Å². The molecule has 0 aromatic rings. The first-order valence-electron chi connectivity index (χ1n) is 4.69. The second-order valence-corrected chi connectivity index (χ2v) is 6.21. The lowest BCUT2D eigenvalue weighted by molar-refractivity contribution is -0.133. The third-order valence-corrected chi connectivity index (χ3v) is 5.39. The van der Waals surface area contributed by atoms with E-state index in [0.29, 0.717) is 25.9 Å². The van der Waals surface area contributed by atoms with Gasteiger partial charge < -0.3 is 10.0 Å². The van der Waals surface area contributed by atoms with Gasteiger partial charge >= 0.3 is 0 Å². The largest absolute Gasteiger partial charge is 0.396 e. The zero-order valence-corrected chi connectivity index (χ0v) is 8.53. The number of hydrogen-bond donors (Lipinski definition) is 1. The van der Waals surface area contributed by atoms with Gasteiger partial charge in [-0.25, -0.2) is 8.42 Å². The summed E-state index contributed by atoms with van der Waals surface area (Å²) >= 11 is 0. The van der Waals surface area contributed by atoms with Crippen molar-refractivity contribution in [2.75, 3.05) is 19.7 Å². The third kappa shape index (κ3) is 1.25. The van der Waals surface area contributed by atoms with Crippen LogP contribution in [0.1, 0.15) is 12.8 Å². The van der Waals surface area contributed by atoms with Gasteiger partial charge in [0.1, 0.15) is 5.25 Å². The van der Waals surface area contributed by atoms with Gasteiger partial charge in [0, 0.05) is 19.7 Å². The predicted molar refractivity (Wildman–Crippen MR) is 49.4 cm³/mol. The number of aliphatic hydroxyl groups excluding tert-OH is 1. The number of aliphatic hydroxyl groups is 1. The molecule has 0 radical (unpaired) electrons. The molecule has 14 heavy (non-hydrogen) atoms. The van der Waals surface area contributed by atoms with Crippen molar-refractivity contribution >= 4 is 15.7 Å². The van der Waals surface area contributed by atoms with Gasteiger partial charge in [0.2, 0.25) is 5.91 Å². The van der Waals surface area contributed by atoms with E-state index < -0.39 is 15.1 Å². The van der Waals surface area contributed by atoms with E-state index in [2.05, 4.69) is 0 Å². The summed E-state index contributed by atoms with van der Waals surface area (Å²) in [4.78, 5) is 13.1. The van der Waals surface area contributed by atoms with Gasteiger partial charge in [0.25, 0.3) is 0 Å². The number of carbonyl (C=O) groups excluding carboxylic acids is 1. The quantitative estimate of drug-likeness (QED) is 0.644. The summed E-state index contributed by atoms with van der Waals surface area (Å²) in [6.45, 7) is 0.821. The van der Waals surface area contributed by atoms with Crippen LogP contribution >= 0.6 is 0 Å². The molecular formula is C8H13NO4S. The zero-order chi connectivity index (χ0) is 10.3. The minimum atomic E-state index is -3.13. The van der Waals surface area contributed by atoms with E-state index in [1.165, 1.54) is 0 Å². The van der Waals surface area contributed by atoms with Gasteiger partial charge in [0.05, 0.1) is 5.25 Å². The molecule has 2 atom stereocenters. The van der Waals surface area contributed by atoms with Gasteiger partial charge in [-0.05, 0) is 12.8 Å². The van der Waals surface area contributed by atoms with Crippen LogP contribution in [0.5, 0.6) is 0 Å². The Bertz CT molecular complexity index is 350. The Morgan fingerprint density at radius 1 is 1.50 bits per heavy atom. The minimum Gasteiger partial charge on any atom is -0.396 e. The van der Waals surface area contributed by atoms with Crippen molar-refractivity contribution in [1.82, 2.24) is 4.90 Å². The number of sulfone groups is 1. The van der Waals surface area contributed by atoms with Crippen molar-refractivity contribution in [1.29, 1.82) is 0 Å². The minimum absolute atomic E-state index is 0.0336. The first kappa shape index (κ1) is 9.92. The second kappa shape index (κ2) is 3.20. The molecule has 3 saturated heterocycles. The molecule has 0 aliphatic carbocycles. The Morgan fingerprint density at radius 2 is 2.21 bits per heavy atom. The van der Waals surface area contributed by atoms with Gasteiger partial charge in [-0.2, -0.15) is 0 Å². The Kier molecular flexibility index (Phi) is 2.27. The zero-order valence-electron chi connectivity index (χ0n) is 7.72. The standard InChI is InChI=1S/C8H13NO4S/c10-3-1-2-9-5-6-4-7(8(9)11)14(6,12)13/h6-7,10H,1-5H2. The molecule has 1 N–H and O–H groups in total. The number of amides is 1. The molecule has 0 aromatic carbocycles. The summed E-state index contributed by atoms with van der Waals surface area (Å²) in [6.07, 6.45) is 1.02. The molecule has 1 amide bonds. The number of fused-ring (bicyclic) bond motifs is 2. The van der Waals surface area contributed by atoms with E-state index in [4.69, 9.17) is 5.11 Å². The van der Waals surface area contributed by atoms with Crippen LogP contribution in [0.25, 0.3) is 0 Å². The lowest BCUT2D eigenvalue weighted by Gasteiger charge is -2.45. The van der Waals surface area contributed by atoms with E-state index in [0.717, 1.165) is 0 Å². The number of nitrogens with zero attached hydrogens (tertiary/aromatic N) is 1. The van der Waals surface area contributed by atoms with Crippen molar-refractivity contribution in [3.63, 3.8) is 0 Å². The summed E-state index contributed by atoms with van der Waals surface area (Å²) in [5.74, 6) is -0.277. The van der Waals surface area contributed by atoms with Crippen LogP contribution in [0.3, 0.4) is 0 Å². The molecule has 3 rings (SSSR count). The smallest absolute Gasteiger partial charge is 0.241 e. The summed E-state index contributed by atoms with van der Waals surface area (Å²) in [7, 11) is -3.13. The fourth-order valence-electron chi connectivity index (χ4n) is 2.04. The fraction of sp³-hybridized carbons (Fsp3) is 0.875. The molecule has 6 heteroatoms. The molecule has 2 bridgehead atoms. The molecule has 3 aliphatic rings. The molecule has 0 saturated carbocycles. The molecule has 0 aromatic heterocycles. The van der Waals surface area contributed by atoms with Gasteiger partial charge in [-0.3, -0.25) is 4.79 Å². The number of piperidine rings is 1. The lowest BCUT2D eigenvalue weighted by atomic mass is 10.1. The van der Waals surface area contributed by atoms with E-state index in [1.807, 2.05) is 0 Å². The van der Waals surface area contributed by atoms with Gasteiger partial charge in [-0.15, -0.1) is 0 Å². The molecule has 5 nitrogen and oxygen atoms in total. The summed E-state index contributed by atoms with van der Waals surface area (Å²) < 4.78 is 22.7. The third-order valence-electron chi connectivity index (χ3n) is 2.94. The maximum atomic E-state index is 11.5. The Balaban J connectivity index is 2.05. The maximum Gasteiger partial charge on any atom is 0.241 e. The monoisotopic (exact) mass is 219 g/mol. The SMILES string of the molecule is O=C1C2CC(CN1CCCO)S2(=O)=O. The molecule has 3 aliphatic heterocycles. The molecule has 3 heterocycles. The van der Waals surface area contributed by atoms with E-state index in [9.17, 15) is 13.2 Å². The number of carbonyl (C=O) groups is 1. The average Bonchev–Trinajstić information content (AvgIpc) is 2.15. The highest BCUT2D eigenvalue weighted by Crippen LogP contribution is 2.36. The van der Waals surface area contributed by atoms with Crippen LogP contribution in [0.15, 0.2) is 0 Å². The molecule has 80 valence electrons. The number of rotatable bonds is 3. The van der Waals surface area contributed by atoms with E-state index in [1.54, 1.807) is 4.90 Å². The number of hydrogen-bond acceptors (Lipinski definition) is 4. The van der Waals surface area contributed by atoms with Crippen molar-refractivity contribution in [2.24, 2.45) is 0 Å². The van der Waals surface area contributed by atoms with Crippen molar-refractivity contribution < 1.29 is 18.3 Å². The van der Waals surface area contributed by atoms with Crippen LogP contribution in [-0.2, 0) is 14.6 Å². The lowest BCUT2D eigenvalue weighted by Crippen LogP contribution is -2.65. The van der Waals surface area contributed by atoms with E-state index in [-0.39, 0.29) is 17.8 Å². The molecule has 2 unspecified atom stereocenters. The van der Waals surface area contributed by atoms with Crippen LogP contribution in [0, 0.1) is 0 Å². The average molecular weight is 219 g/mol. The first-order chi connectivity index (χ1) is 6.57. The topological polar surface area (TPSA) is 74.7 Å². The molecule has 0 spiro atoms. The fourth-order valence-corrected chi connectivity index (χ4v) is 3.92. The molecule has 3 fully saturated rings. The van der Waals surface area contributed by atoms with Crippen molar-refractivity contribution in [3.8, 4) is 0 Å². The summed E-state index contributed by atoms with van der Waals surface area (Å²) in [6, 6.07) is 0. The highest BCUT2D eigenvalue weighted by Gasteiger charge is 2.56. The molecular weight excluding hydrogens is 206 g/mol. The highest BCUT2D eigenvalue weighted by molar-refractivity contribution is 7.95. The predicted octanol–water partition coefficient (Wildman–Crippen LogP) is -1.23.